The minimum Gasteiger partial charge on any atom is -0.348 e. The molecular formula is C18H18N6O3S. The summed E-state index contributed by atoms with van der Waals surface area (Å²) in [6.45, 7) is 2.42. The van der Waals surface area contributed by atoms with Crippen molar-refractivity contribution in [3.05, 3.63) is 66.0 Å². The van der Waals surface area contributed by atoms with E-state index in [0.29, 0.717) is 5.82 Å². The van der Waals surface area contributed by atoms with E-state index in [1.807, 2.05) is 23.8 Å². The number of hydrogen-bond acceptors (Lipinski definition) is 6. The molecule has 0 radical (unpaired) electrons. The number of amidine groups is 1. The lowest BCUT2D eigenvalue weighted by atomic mass is 10.1. The molecule has 0 fully saturated rings. The van der Waals surface area contributed by atoms with Gasteiger partial charge in [0, 0.05) is 37.9 Å². The summed E-state index contributed by atoms with van der Waals surface area (Å²) in [6.07, 6.45) is 10.2. The number of sulfonamides is 1. The van der Waals surface area contributed by atoms with Gasteiger partial charge in [-0.2, -0.15) is 0 Å². The first-order valence-electron chi connectivity index (χ1n) is 8.64. The molecule has 0 saturated heterocycles. The molecule has 2 aromatic heterocycles. The van der Waals surface area contributed by atoms with Crippen LogP contribution >= 0.6 is 0 Å². The Morgan fingerprint density at radius 3 is 2.93 bits per heavy atom. The Kier molecular flexibility index (Phi) is 4.55. The van der Waals surface area contributed by atoms with E-state index in [0.717, 1.165) is 11.4 Å². The zero-order chi connectivity index (χ0) is 19.7. The van der Waals surface area contributed by atoms with E-state index >= 15 is 0 Å². The van der Waals surface area contributed by atoms with E-state index in [1.165, 1.54) is 0 Å². The predicted molar refractivity (Wildman–Crippen MR) is 103 cm³/mol. The maximum atomic E-state index is 12.7. The number of carbonyl (C=O) groups excluding carboxylic acids is 1. The second-order valence-corrected chi connectivity index (χ2v) is 8.12. The number of hydrogen-bond donors (Lipinski definition) is 1. The fraction of sp³-hybridized carbons (Fsp3) is 0.222. The summed E-state index contributed by atoms with van der Waals surface area (Å²) in [6, 6.07) is 3.67. The highest BCUT2D eigenvalue weighted by molar-refractivity contribution is 7.90. The third kappa shape index (κ3) is 3.58. The zero-order valence-corrected chi connectivity index (χ0v) is 15.9. The Labute approximate surface area is 162 Å². The average molecular weight is 398 g/mol. The van der Waals surface area contributed by atoms with Crippen LogP contribution in [0, 0.1) is 6.92 Å². The maximum Gasteiger partial charge on any atom is 0.256 e. The highest BCUT2D eigenvalue weighted by Gasteiger charge is 2.29. The molecule has 0 unspecified atom stereocenters. The van der Waals surface area contributed by atoms with Gasteiger partial charge < -0.3 is 10.2 Å². The van der Waals surface area contributed by atoms with E-state index in [2.05, 4.69) is 19.7 Å². The van der Waals surface area contributed by atoms with Crippen LogP contribution in [-0.2, 0) is 21.4 Å². The van der Waals surface area contributed by atoms with Crippen LogP contribution in [0.25, 0.3) is 5.82 Å². The molecule has 1 N–H and O–H groups in total. The topological polar surface area (TPSA) is 110 Å². The summed E-state index contributed by atoms with van der Waals surface area (Å²) in [5.41, 5.74) is 1.08. The van der Waals surface area contributed by atoms with Crippen LogP contribution in [0.5, 0.6) is 0 Å². The van der Waals surface area contributed by atoms with Gasteiger partial charge in [-0.25, -0.2) is 18.4 Å². The number of amides is 1. The van der Waals surface area contributed by atoms with Crippen LogP contribution in [0.2, 0.25) is 0 Å². The minimum atomic E-state index is -3.55. The van der Waals surface area contributed by atoms with Gasteiger partial charge >= 0.3 is 0 Å². The van der Waals surface area contributed by atoms with Gasteiger partial charge in [0.25, 0.3) is 15.9 Å². The highest BCUT2D eigenvalue weighted by Crippen LogP contribution is 2.18. The van der Waals surface area contributed by atoms with Gasteiger partial charge in [0.05, 0.1) is 11.3 Å². The third-order valence-corrected chi connectivity index (χ3v) is 5.59. The van der Waals surface area contributed by atoms with Crippen LogP contribution in [0.4, 0.5) is 0 Å². The normalized spacial score (nSPS) is 17.5. The van der Waals surface area contributed by atoms with Gasteiger partial charge in [-0.3, -0.25) is 9.36 Å². The maximum absolute atomic E-state index is 12.7. The molecule has 0 aliphatic carbocycles. The number of pyridine rings is 1. The average Bonchev–Trinajstić information content (AvgIpc) is 3.11. The van der Waals surface area contributed by atoms with Gasteiger partial charge in [-0.15, -0.1) is 4.40 Å². The van der Waals surface area contributed by atoms with Crippen molar-refractivity contribution in [1.29, 1.82) is 0 Å². The number of aromatic nitrogens is 3. The molecule has 4 rings (SSSR count). The highest BCUT2D eigenvalue weighted by atomic mass is 32.2. The van der Waals surface area contributed by atoms with Crippen molar-refractivity contribution < 1.29 is 13.2 Å². The molecule has 9 nitrogen and oxygen atoms in total. The first kappa shape index (κ1) is 18.1. The Bertz CT molecular complexity index is 1130. The lowest BCUT2D eigenvalue weighted by Crippen LogP contribution is -2.42. The van der Waals surface area contributed by atoms with Gasteiger partial charge in [-0.05, 0) is 36.8 Å². The van der Waals surface area contributed by atoms with E-state index in [1.54, 1.807) is 41.7 Å². The summed E-state index contributed by atoms with van der Waals surface area (Å²) in [7, 11) is -3.55. The van der Waals surface area contributed by atoms with Crippen LogP contribution in [0.15, 0.2) is 59.0 Å². The number of rotatable bonds is 4. The molecule has 0 spiro atoms. The summed E-state index contributed by atoms with van der Waals surface area (Å²) < 4.78 is 29.2. The van der Waals surface area contributed by atoms with Crippen molar-refractivity contribution >= 4 is 21.8 Å². The van der Waals surface area contributed by atoms with Crippen molar-refractivity contribution in [3.63, 3.8) is 0 Å². The first-order valence-corrected chi connectivity index (χ1v) is 10.3. The number of fused-ring (bicyclic) bond motifs is 1. The molecule has 0 atom stereocenters. The van der Waals surface area contributed by atoms with Gasteiger partial charge in [0.2, 0.25) is 0 Å². The number of nitrogens with zero attached hydrogens (tertiary/aromatic N) is 5. The van der Waals surface area contributed by atoms with Crippen LogP contribution in [0.3, 0.4) is 0 Å². The van der Waals surface area contributed by atoms with Crippen molar-refractivity contribution in [2.24, 2.45) is 4.40 Å². The molecule has 2 aromatic rings. The number of allylic oxidation sites excluding steroid dienone is 2. The van der Waals surface area contributed by atoms with Crippen LogP contribution < -0.4 is 5.32 Å². The number of aryl methyl sites for hydroxylation is 1. The van der Waals surface area contributed by atoms with E-state index in [-0.39, 0.29) is 36.2 Å². The molecule has 1 amide bonds. The van der Waals surface area contributed by atoms with E-state index < -0.39 is 10.0 Å². The fourth-order valence-corrected chi connectivity index (χ4v) is 3.98. The lowest BCUT2D eigenvalue weighted by Gasteiger charge is -2.28. The number of carbonyl (C=O) groups is 1. The first-order chi connectivity index (χ1) is 13.4. The van der Waals surface area contributed by atoms with Gasteiger partial charge in [-0.1, -0.05) is 0 Å². The summed E-state index contributed by atoms with van der Waals surface area (Å²) >= 11 is 0. The van der Waals surface area contributed by atoms with Crippen molar-refractivity contribution in [1.82, 2.24) is 24.8 Å². The SMILES string of the molecule is Cc1nccn1-c1cc(CNC(=O)C2=CC=CN3CCS(=O)(=O)N=C23)ccn1. The number of imidazole rings is 1. The molecule has 2 aliphatic rings. The number of nitrogens with one attached hydrogen (secondary N) is 1. The predicted octanol–water partition coefficient (Wildman–Crippen LogP) is 0.690. The summed E-state index contributed by atoms with van der Waals surface area (Å²) in [5, 5.41) is 2.82. The molecule has 28 heavy (non-hydrogen) atoms. The summed E-state index contributed by atoms with van der Waals surface area (Å²) in [4.78, 5) is 22.8. The quantitative estimate of drug-likeness (QED) is 0.812. The molecule has 0 bridgehead atoms. The standard InChI is InChI=1S/C18H18N6O3S/c1-13-19-6-8-24(13)16-11-14(4-5-20-16)12-21-18(25)15-3-2-7-23-9-10-28(26,27)22-17(15)23/h2-8,11H,9-10,12H2,1H3,(H,21,25). The smallest absolute Gasteiger partial charge is 0.256 e. The van der Waals surface area contributed by atoms with Gasteiger partial charge in [0.15, 0.2) is 5.84 Å². The fourth-order valence-electron chi connectivity index (χ4n) is 2.99. The molecular weight excluding hydrogens is 380 g/mol. The lowest BCUT2D eigenvalue weighted by molar-refractivity contribution is -0.117. The molecule has 144 valence electrons. The Balaban J connectivity index is 1.51. The largest absolute Gasteiger partial charge is 0.348 e. The van der Waals surface area contributed by atoms with E-state index in [4.69, 9.17) is 0 Å². The van der Waals surface area contributed by atoms with Gasteiger partial charge in [0.1, 0.15) is 11.6 Å². The third-order valence-electron chi connectivity index (χ3n) is 4.44. The minimum absolute atomic E-state index is 0.0663. The Hall–Kier alpha value is -3.27. The molecule has 0 saturated carbocycles. The molecule has 4 heterocycles. The van der Waals surface area contributed by atoms with Crippen molar-refractivity contribution in [3.8, 4) is 5.82 Å². The monoisotopic (exact) mass is 398 g/mol. The van der Waals surface area contributed by atoms with E-state index in [9.17, 15) is 13.2 Å². The van der Waals surface area contributed by atoms with Crippen molar-refractivity contribution in [2.75, 3.05) is 12.3 Å². The molecule has 2 aliphatic heterocycles. The Morgan fingerprint density at radius 2 is 2.14 bits per heavy atom. The summed E-state index contributed by atoms with van der Waals surface area (Å²) in [5.74, 6) is 1.22. The van der Waals surface area contributed by atoms with Crippen molar-refractivity contribution in [2.45, 2.75) is 13.5 Å². The molecule has 10 heteroatoms. The Morgan fingerprint density at radius 1 is 1.29 bits per heavy atom. The van der Waals surface area contributed by atoms with Crippen LogP contribution in [0.1, 0.15) is 11.4 Å². The second kappa shape index (κ2) is 7.04. The second-order valence-electron chi connectivity index (χ2n) is 6.37. The molecule has 0 aromatic carbocycles. The van der Waals surface area contributed by atoms with Crippen LogP contribution in [-0.4, -0.2) is 51.9 Å². The zero-order valence-electron chi connectivity index (χ0n) is 15.1.